The molecule has 0 bridgehead atoms. The third-order valence-corrected chi connectivity index (χ3v) is 3.91. The molecule has 0 saturated carbocycles. The molecule has 0 fully saturated rings. The lowest BCUT2D eigenvalue weighted by Gasteiger charge is -2.15. The molecule has 30 heavy (non-hydrogen) atoms. The predicted octanol–water partition coefficient (Wildman–Crippen LogP) is 5.12. The van der Waals surface area contributed by atoms with Crippen LogP contribution in [0, 0.1) is 0 Å². The standard InChI is InChI=1S/C24H28N2O4/c1-7-17-13-19(9-11-21(17)29-15(3)4)25-23(27)24(28)26-20-10-12-22(30-16(5)6)18(8-2)14-20/h7-16H,1-2H2,3-6H3,(H,25,27)(H,26,28). The number of ether oxygens (including phenoxy) is 2. The Balaban J connectivity index is 2.09. The number of benzene rings is 2. The highest BCUT2D eigenvalue weighted by molar-refractivity contribution is 6.43. The van der Waals surface area contributed by atoms with E-state index >= 15 is 0 Å². The second-order valence-electron chi connectivity index (χ2n) is 7.15. The van der Waals surface area contributed by atoms with Gasteiger partial charge < -0.3 is 20.1 Å². The molecule has 2 aromatic carbocycles. The first-order chi connectivity index (χ1) is 14.2. The topological polar surface area (TPSA) is 76.7 Å². The maximum absolute atomic E-state index is 12.3. The van der Waals surface area contributed by atoms with Crippen molar-refractivity contribution in [3.8, 4) is 11.5 Å². The predicted molar refractivity (Wildman–Crippen MR) is 122 cm³/mol. The van der Waals surface area contributed by atoms with Gasteiger partial charge in [0, 0.05) is 22.5 Å². The van der Waals surface area contributed by atoms with Gasteiger partial charge in [-0.1, -0.05) is 25.3 Å². The number of hydrogen-bond donors (Lipinski definition) is 2. The minimum atomic E-state index is -0.787. The number of anilines is 2. The first-order valence-corrected chi connectivity index (χ1v) is 9.72. The molecule has 0 aliphatic heterocycles. The highest BCUT2D eigenvalue weighted by Gasteiger charge is 2.16. The summed E-state index contributed by atoms with van der Waals surface area (Å²) in [7, 11) is 0. The molecule has 0 aromatic heterocycles. The van der Waals surface area contributed by atoms with Gasteiger partial charge in [-0.25, -0.2) is 0 Å². The Morgan fingerprint density at radius 1 is 0.767 bits per heavy atom. The number of carbonyl (C=O) groups excluding carboxylic acids is 2. The minimum absolute atomic E-state index is 0.00713. The molecule has 158 valence electrons. The molecular formula is C24H28N2O4. The van der Waals surface area contributed by atoms with Gasteiger partial charge in [-0.2, -0.15) is 0 Å². The van der Waals surface area contributed by atoms with Gasteiger partial charge >= 0.3 is 11.8 Å². The van der Waals surface area contributed by atoms with E-state index in [2.05, 4.69) is 23.8 Å². The zero-order valence-corrected chi connectivity index (χ0v) is 17.8. The normalized spacial score (nSPS) is 10.5. The zero-order valence-electron chi connectivity index (χ0n) is 17.8. The average molecular weight is 408 g/mol. The molecule has 2 rings (SSSR count). The van der Waals surface area contributed by atoms with Gasteiger partial charge in [-0.05, 0) is 64.1 Å². The number of hydrogen-bond acceptors (Lipinski definition) is 4. The van der Waals surface area contributed by atoms with E-state index in [9.17, 15) is 9.59 Å². The van der Waals surface area contributed by atoms with Crippen LogP contribution in [0.25, 0.3) is 12.2 Å². The van der Waals surface area contributed by atoms with E-state index in [4.69, 9.17) is 9.47 Å². The van der Waals surface area contributed by atoms with Gasteiger partial charge in [0.2, 0.25) is 0 Å². The van der Waals surface area contributed by atoms with E-state index in [0.29, 0.717) is 22.9 Å². The van der Waals surface area contributed by atoms with E-state index in [1.807, 2.05) is 27.7 Å². The lowest BCUT2D eigenvalue weighted by molar-refractivity contribution is -0.132. The Labute approximate surface area is 177 Å². The quantitative estimate of drug-likeness (QED) is 0.594. The summed E-state index contributed by atoms with van der Waals surface area (Å²) >= 11 is 0. The van der Waals surface area contributed by atoms with Crippen LogP contribution in [-0.2, 0) is 9.59 Å². The van der Waals surface area contributed by atoms with Gasteiger partial charge in [0.05, 0.1) is 12.2 Å². The molecule has 0 heterocycles. The molecule has 0 aliphatic rings. The smallest absolute Gasteiger partial charge is 0.314 e. The molecule has 2 amide bonds. The molecule has 0 aliphatic carbocycles. The largest absolute Gasteiger partial charge is 0.490 e. The molecule has 6 nitrogen and oxygen atoms in total. The van der Waals surface area contributed by atoms with Crippen LogP contribution in [0.4, 0.5) is 11.4 Å². The third kappa shape index (κ3) is 6.24. The summed E-state index contributed by atoms with van der Waals surface area (Å²) < 4.78 is 11.4. The van der Waals surface area contributed by atoms with E-state index < -0.39 is 11.8 Å². The summed E-state index contributed by atoms with van der Waals surface area (Å²) in [6.07, 6.45) is 3.27. The monoisotopic (exact) mass is 408 g/mol. The van der Waals surface area contributed by atoms with Crippen molar-refractivity contribution < 1.29 is 19.1 Å². The maximum Gasteiger partial charge on any atom is 0.314 e. The lowest BCUT2D eigenvalue weighted by Crippen LogP contribution is -2.29. The van der Waals surface area contributed by atoms with E-state index in [-0.39, 0.29) is 12.2 Å². The summed E-state index contributed by atoms with van der Waals surface area (Å²) in [5, 5.41) is 5.17. The molecule has 0 atom stereocenters. The molecule has 0 spiro atoms. The van der Waals surface area contributed by atoms with E-state index in [1.54, 1.807) is 48.6 Å². The van der Waals surface area contributed by atoms with Crippen molar-refractivity contribution in [3.63, 3.8) is 0 Å². The van der Waals surface area contributed by atoms with Crippen molar-refractivity contribution in [2.45, 2.75) is 39.9 Å². The second-order valence-corrected chi connectivity index (χ2v) is 7.15. The van der Waals surface area contributed by atoms with Crippen LogP contribution in [0.5, 0.6) is 11.5 Å². The van der Waals surface area contributed by atoms with Crippen molar-refractivity contribution in [1.82, 2.24) is 0 Å². The fraction of sp³-hybridized carbons (Fsp3) is 0.250. The van der Waals surface area contributed by atoms with Crippen molar-refractivity contribution in [3.05, 3.63) is 60.7 Å². The molecule has 2 N–H and O–H groups in total. The minimum Gasteiger partial charge on any atom is -0.490 e. The van der Waals surface area contributed by atoms with Crippen LogP contribution in [0.2, 0.25) is 0 Å². The summed E-state index contributed by atoms with van der Waals surface area (Å²) in [6, 6.07) is 10.2. The van der Waals surface area contributed by atoms with Gasteiger partial charge in [0.1, 0.15) is 11.5 Å². The van der Waals surface area contributed by atoms with Gasteiger partial charge in [0.15, 0.2) is 0 Å². The Hall–Kier alpha value is -3.54. The zero-order chi connectivity index (χ0) is 22.3. The Morgan fingerprint density at radius 2 is 1.13 bits per heavy atom. The number of amides is 2. The van der Waals surface area contributed by atoms with Gasteiger partial charge in [-0.3, -0.25) is 9.59 Å². The van der Waals surface area contributed by atoms with E-state index in [0.717, 1.165) is 11.1 Å². The summed E-state index contributed by atoms with van der Waals surface area (Å²) in [5.74, 6) is -0.262. The van der Waals surface area contributed by atoms with Crippen molar-refractivity contribution in [2.24, 2.45) is 0 Å². The summed E-state index contributed by atoms with van der Waals surface area (Å²) in [6.45, 7) is 15.2. The molecule has 0 radical (unpaired) electrons. The highest BCUT2D eigenvalue weighted by Crippen LogP contribution is 2.26. The molecule has 2 aromatic rings. The SMILES string of the molecule is C=Cc1cc(NC(=O)C(=O)Nc2ccc(OC(C)C)c(C=C)c2)ccc1OC(C)C. The fourth-order valence-electron chi connectivity index (χ4n) is 2.67. The summed E-state index contributed by atoms with van der Waals surface area (Å²) in [4.78, 5) is 24.6. The van der Waals surface area contributed by atoms with Crippen LogP contribution in [0.15, 0.2) is 49.6 Å². The molecule has 6 heteroatoms. The molecule has 0 saturated heterocycles. The van der Waals surface area contributed by atoms with Crippen molar-refractivity contribution >= 4 is 35.3 Å². The number of nitrogens with one attached hydrogen (secondary N) is 2. The first-order valence-electron chi connectivity index (χ1n) is 9.72. The molecular weight excluding hydrogens is 380 g/mol. The van der Waals surface area contributed by atoms with Crippen LogP contribution >= 0.6 is 0 Å². The fourth-order valence-corrected chi connectivity index (χ4v) is 2.67. The Morgan fingerprint density at radius 3 is 1.43 bits per heavy atom. The second kappa shape index (κ2) is 10.3. The third-order valence-electron chi connectivity index (χ3n) is 3.91. The average Bonchev–Trinajstić information content (AvgIpc) is 2.69. The highest BCUT2D eigenvalue weighted by atomic mass is 16.5. The van der Waals surface area contributed by atoms with Crippen LogP contribution in [0.3, 0.4) is 0 Å². The Bertz CT molecular complexity index is 871. The van der Waals surface area contributed by atoms with Crippen LogP contribution < -0.4 is 20.1 Å². The number of rotatable bonds is 8. The van der Waals surface area contributed by atoms with Crippen LogP contribution in [-0.4, -0.2) is 24.0 Å². The maximum atomic E-state index is 12.3. The van der Waals surface area contributed by atoms with Crippen molar-refractivity contribution in [1.29, 1.82) is 0 Å². The van der Waals surface area contributed by atoms with Crippen molar-refractivity contribution in [2.75, 3.05) is 10.6 Å². The Kier molecular flexibility index (Phi) is 7.81. The van der Waals surface area contributed by atoms with Crippen LogP contribution in [0.1, 0.15) is 38.8 Å². The first kappa shape index (κ1) is 22.7. The van der Waals surface area contributed by atoms with Gasteiger partial charge in [-0.15, -0.1) is 0 Å². The molecule has 0 unspecified atom stereocenters. The van der Waals surface area contributed by atoms with E-state index in [1.165, 1.54) is 0 Å². The van der Waals surface area contributed by atoms with Gasteiger partial charge in [0.25, 0.3) is 0 Å². The lowest BCUT2D eigenvalue weighted by atomic mass is 10.1. The summed E-state index contributed by atoms with van der Waals surface area (Å²) in [5.41, 5.74) is 2.37. The number of carbonyl (C=O) groups is 2.